The number of hydrogen-bond donors (Lipinski definition) is 1. The summed E-state index contributed by atoms with van der Waals surface area (Å²) in [6, 6.07) is 17.6. The van der Waals surface area contributed by atoms with Crippen LogP contribution < -0.4 is 5.56 Å². The summed E-state index contributed by atoms with van der Waals surface area (Å²) < 4.78 is 1.34. The number of hydrogen-bond acceptors (Lipinski definition) is 5. The van der Waals surface area contributed by atoms with Gasteiger partial charge in [0.2, 0.25) is 5.91 Å². The number of rotatable bonds is 5. The molecule has 8 heteroatoms. The first-order chi connectivity index (χ1) is 16.0. The van der Waals surface area contributed by atoms with Crippen molar-refractivity contribution in [2.24, 2.45) is 0 Å². The van der Waals surface area contributed by atoms with Crippen molar-refractivity contribution in [1.82, 2.24) is 14.5 Å². The molecular formula is C25H21N3O4S. The first kappa shape index (κ1) is 21.1. The van der Waals surface area contributed by atoms with Gasteiger partial charge in [-0.05, 0) is 23.1 Å². The van der Waals surface area contributed by atoms with Crippen LogP contribution >= 0.6 is 11.3 Å². The fourth-order valence-corrected chi connectivity index (χ4v) is 5.17. The zero-order valence-electron chi connectivity index (χ0n) is 17.7. The van der Waals surface area contributed by atoms with Crippen molar-refractivity contribution in [3.63, 3.8) is 0 Å². The largest absolute Gasteiger partial charge is 0.478 e. The third-order valence-corrected chi connectivity index (χ3v) is 6.86. The van der Waals surface area contributed by atoms with Gasteiger partial charge in [0, 0.05) is 24.9 Å². The molecule has 3 heterocycles. The van der Waals surface area contributed by atoms with Crippen molar-refractivity contribution in [3.05, 3.63) is 98.4 Å². The molecule has 0 bridgehead atoms. The fourth-order valence-electron chi connectivity index (χ4n) is 4.24. The highest BCUT2D eigenvalue weighted by Crippen LogP contribution is 2.23. The van der Waals surface area contributed by atoms with E-state index in [4.69, 9.17) is 0 Å². The molecule has 1 N–H and O–H groups in total. The summed E-state index contributed by atoms with van der Waals surface area (Å²) in [6.07, 6.45) is 1.13. The molecule has 2 aromatic heterocycles. The van der Waals surface area contributed by atoms with E-state index in [0.717, 1.165) is 28.9 Å². The Bertz CT molecular complexity index is 1420. The van der Waals surface area contributed by atoms with Gasteiger partial charge in [-0.3, -0.25) is 14.2 Å². The molecule has 166 valence electrons. The number of thiophene rings is 1. The minimum Gasteiger partial charge on any atom is -0.478 e. The van der Waals surface area contributed by atoms with E-state index in [1.54, 1.807) is 4.90 Å². The lowest BCUT2D eigenvalue weighted by Gasteiger charge is -2.29. The Morgan fingerprint density at radius 1 is 1.03 bits per heavy atom. The monoisotopic (exact) mass is 459 g/mol. The number of carboxylic acids is 1. The maximum atomic E-state index is 13.4. The second-order valence-corrected chi connectivity index (χ2v) is 8.91. The van der Waals surface area contributed by atoms with Gasteiger partial charge in [0.15, 0.2) is 0 Å². The minimum absolute atomic E-state index is 0.0566. The highest BCUT2D eigenvalue weighted by molar-refractivity contribution is 7.17. The van der Waals surface area contributed by atoms with Gasteiger partial charge in [0.05, 0.1) is 10.9 Å². The van der Waals surface area contributed by atoms with Gasteiger partial charge in [0.25, 0.3) is 5.56 Å². The van der Waals surface area contributed by atoms with Crippen LogP contribution in [0.1, 0.15) is 32.9 Å². The van der Waals surface area contributed by atoms with E-state index >= 15 is 0 Å². The molecule has 0 aliphatic carbocycles. The number of carbonyl (C=O) groups excluding carboxylic acids is 1. The molecular weight excluding hydrogens is 438 g/mol. The van der Waals surface area contributed by atoms with Gasteiger partial charge in [-0.1, -0.05) is 54.6 Å². The van der Waals surface area contributed by atoms with E-state index in [1.165, 1.54) is 15.5 Å². The Balaban J connectivity index is 1.53. The number of nitrogens with zero attached hydrogens (tertiary/aromatic N) is 3. The van der Waals surface area contributed by atoms with Crippen LogP contribution in [0.2, 0.25) is 0 Å². The Morgan fingerprint density at radius 3 is 2.52 bits per heavy atom. The molecule has 1 aliphatic heterocycles. The number of aromatic carboxylic acids is 1. The van der Waals surface area contributed by atoms with Crippen LogP contribution in [0.3, 0.4) is 0 Å². The Labute approximate surface area is 193 Å². The van der Waals surface area contributed by atoms with E-state index in [1.807, 2.05) is 48.5 Å². The van der Waals surface area contributed by atoms with Crippen molar-refractivity contribution in [2.45, 2.75) is 25.9 Å². The van der Waals surface area contributed by atoms with Gasteiger partial charge < -0.3 is 10.0 Å². The molecule has 1 aliphatic rings. The predicted molar refractivity (Wildman–Crippen MR) is 126 cm³/mol. The lowest BCUT2D eigenvalue weighted by molar-refractivity contribution is -0.132. The van der Waals surface area contributed by atoms with Gasteiger partial charge in [-0.2, -0.15) is 0 Å². The quantitative estimate of drug-likeness (QED) is 0.494. The maximum Gasteiger partial charge on any atom is 0.337 e. The number of amides is 1. The summed E-state index contributed by atoms with van der Waals surface area (Å²) in [5, 5.41) is 11.0. The first-order valence-corrected chi connectivity index (χ1v) is 11.5. The smallest absolute Gasteiger partial charge is 0.337 e. The number of aromatic nitrogens is 2. The van der Waals surface area contributed by atoms with Crippen LogP contribution in [0.4, 0.5) is 0 Å². The standard InChI is InChI=1S/C25H21N3O4S/c29-21(27-11-10-17-8-4-5-9-18(17)13-27)14-28-20(12-16-6-2-1-3-7-16)26-23-22(24(28)30)19(15-33-23)25(31)32/h1-9,15H,10-14H2,(H,31,32). The molecule has 0 spiro atoms. The highest BCUT2D eigenvalue weighted by Gasteiger charge is 2.24. The number of carbonyl (C=O) groups is 2. The van der Waals surface area contributed by atoms with E-state index < -0.39 is 11.5 Å². The fraction of sp³-hybridized carbons (Fsp3) is 0.200. The van der Waals surface area contributed by atoms with E-state index in [0.29, 0.717) is 30.2 Å². The average molecular weight is 460 g/mol. The van der Waals surface area contributed by atoms with Crippen LogP contribution in [0, 0.1) is 0 Å². The molecule has 0 atom stereocenters. The topological polar surface area (TPSA) is 92.5 Å². The van der Waals surface area contributed by atoms with Gasteiger partial charge in [-0.15, -0.1) is 11.3 Å². The van der Waals surface area contributed by atoms with Crippen molar-refractivity contribution in [2.75, 3.05) is 6.54 Å². The van der Waals surface area contributed by atoms with E-state index in [-0.39, 0.29) is 23.4 Å². The summed E-state index contributed by atoms with van der Waals surface area (Å²) in [6.45, 7) is 0.889. The summed E-state index contributed by atoms with van der Waals surface area (Å²) in [5.74, 6) is -0.918. The summed E-state index contributed by atoms with van der Waals surface area (Å²) >= 11 is 1.13. The molecule has 7 nitrogen and oxygen atoms in total. The lowest BCUT2D eigenvalue weighted by atomic mass is 10.00. The van der Waals surface area contributed by atoms with Gasteiger partial charge >= 0.3 is 5.97 Å². The van der Waals surface area contributed by atoms with Crippen molar-refractivity contribution in [1.29, 1.82) is 0 Å². The second kappa shape index (κ2) is 8.63. The number of carboxylic acid groups (broad SMARTS) is 1. The molecule has 0 fully saturated rings. The average Bonchev–Trinajstić information content (AvgIpc) is 3.26. The number of benzene rings is 2. The van der Waals surface area contributed by atoms with Crippen LogP contribution in [0.5, 0.6) is 0 Å². The molecule has 0 unspecified atom stereocenters. The third-order valence-electron chi connectivity index (χ3n) is 5.99. The molecule has 4 aromatic rings. The predicted octanol–water partition coefficient (Wildman–Crippen LogP) is 3.33. The molecule has 1 amide bonds. The molecule has 33 heavy (non-hydrogen) atoms. The van der Waals surface area contributed by atoms with E-state index in [9.17, 15) is 19.5 Å². The van der Waals surface area contributed by atoms with E-state index in [2.05, 4.69) is 11.1 Å². The Morgan fingerprint density at radius 2 is 1.76 bits per heavy atom. The molecule has 5 rings (SSSR count). The van der Waals surface area contributed by atoms with Crippen LogP contribution in [0.15, 0.2) is 64.8 Å². The number of fused-ring (bicyclic) bond motifs is 2. The molecule has 0 saturated carbocycles. The maximum absolute atomic E-state index is 13.4. The Kier molecular flexibility index (Phi) is 5.51. The summed E-state index contributed by atoms with van der Waals surface area (Å²) in [5.41, 5.74) is 2.72. The molecule has 0 radical (unpaired) electrons. The minimum atomic E-state index is -1.18. The summed E-state index contributed by atoms with van der Waals surface area (Å²) in [7, 11) is 0. The zero-order chi connectivity index (χ0) is 22.9. The van der Waals surface area contributed by atoms with Crippen molar-refractivity contribution in [3.8, 4) is 0 Å². The molecule has 0 saturated heterocycles. The first-order valence-electron chi connectivity index (χ1n) is 10.6. The van der Waals surface area contributed by atoms with Crippen LogP contribution in [0.25, 0.3) is 10.2 Å². The second-order valence-electron chi connectivity index (χ2n) is 8.05. The van der Waals surface area contributed by atoms with Gasteiger partial charge in [0.1, 0.15) is 17.2 Å². The van der Waals surface area contributed by atoms with Crippen LogP contribution in [-0.4, -0.2) is 38.0 Å². The highest BCUT2D eigenvalue weighted by atomic mass is 32.1. The SMILES string of the molecule is O=C(O)c1csc2nc(Cc3ccccc3)n(CC(=O)N3CCc4ccccc4C3)c(=O)c12. The van der Waals surface area contributed by atoms with Crippen molar-refractivity contribution < 1.29 is 14.7 Å². The van der Waals surface area contributed by atoms with Crippen molar-refractivity contribution >= 4 is 33.4 Å². The normalized spacial score (nSPS) is 13.2. The van der Waals surface area contributed by atoms with Crippen LogP contribution in [-0.2, 0) is 30.7 Å². The molecule has 2 aromatic carbocycles. The third kappa shape index (κ3) is 4.05. The van der Waals surface area contributed by atoms with Gasteiger partial charge in [-0.25, -0.2) is 9.78 Å². The summed E-state index contributed by atoms with van der Waals surface area (Å²) in [4.78, 5) is 45.1. The lowest BCUT2D eigenvalue weighted by Crippen LogP contribution is -2.40. The zero-order valence-corrected chi connectivity index (χ0v) is 18.5. The Hall–Kier alpha value is -3.78.